The summed E-state index contributed by atoms with van der Waals surface area (Å²) in [5.41, 5.74) is 1.22. The molecule has 0 amide bonds. The molecule has 0 atom stereocenters. The lowest BCUT2D eigenvalue weighted by Gasteiger charge is -2.10. The van der Waals surface area contributed by atoms with Crippen molar-refractivity contribution < 1.29 is 8.42 Å². The summed E-state index contributed by atoms with van der Waals surface area (Å²) in [6, 6.07) is 7.62. The van der Waals surface area contributed by atoms with Crippen molar-refractivity contribution in [2.45, 2.75) is 11.8 Å². The molecule has 1 rings (SSSR count). The zero-order valence-corrected chi connectivity index (χ0v) is 12.6. The van der Waals surface area contributed by atoms with E-state index in [1.165, 1.54) is 11.8 Å². The summed E-state index contributed by atoms with van der Waals surface area (Å²) in [7, 11) is -3.24. The second kappa shape index (κ2) is 7.38. The number of nitrogens with zero attached hydrogens (tertiary/aromatic N) is 1. The fourth-order valence-corrected chi connectivity index (χ4v) is 3.11. The summed E-state index contributed by atoms with van der Waals surface area (Å²) >= 11 is 1.49. The maximum absolute atomic E-state index is 11.5. The van der Waals surface area contributed by atoms with Crippen molar-refractivity contribution >= 4 is 27.5 Å². The topological polar surface area (TPSA) is 82.0 Å². The third-order valence-electron chi connectivity index (χ3n) is 2.41. The van der Waals surface area contributed by atoms with Crippen molar-refractivity contribution in [1.82, 2.24) is 4.72 Å². The van der Waals surface area contributed by atoms with Crippen LogP contribution in [-0.2, 0) is 10.0 Å². The average molecular weight is 299 g/mol. The van der Waals surface area contributed by atoms with Crippen LogP contribution in [0.3, 0.4) is 0 Å². The molecule has 19 heavy (non-hydrogen) atoms. The highest BCUT2D eigenvalue weighted by Crippen LogP contribution is 2.25. The molecule has 5 nitrogen and oxygen atoms in total. The molecule has 0 aromatic heterocycles. The van der Waals surface area contributed by atoms with Crippen LogP contribution in [0.5, 0.6) is 0 Å². The van der Waals surface area contributed by atoms with Gasteiger partial charge in [0.15, 0.2) is 0 Å². The number of sulfonamides is 1. The van der Waals surface area contributed by atoms with Gasteiger partial charge in [0.2, 0.25) is 10.0 Å². The number of thioether (sulfide) groups is 1. The van der Waals surface area contributed by atoms with Crippen LogP contribution in [0, 0.1) is 11.3 Å². The first-order chi connectivity index (χ1) is 9.04. The molecular weight excluding hydrogens is 282 g/mol. The Morgan fingerprint density at radius 2 is 2.16 bits per heavy atom. The van der Waals surface area contributed by atoms with Gasteiger partial charge in [-0.3, -0.25) is 0 Å². The second-order valence-corrected chi connectivity index (χ2v) is 6.51. The minimum absolute atomic E-state index is 0.0186. The van der Waals surface area contributed by atoms with Crippen molar-refractivity contribution in [1.29, 1.82) is 5.26 Å². The van der Waals surface area contributed by atoms with Crippen LogP contribution in [0.1, 0.15) is 12.5 Å². The molecule has 0 bridgehead atoms. The second-order valence-electron chi connectivity index (χ2n) is 3.74. The molecule has 0 fully saturated rings. The van der Waals surface area contributed by atoms with E-state index >= 15 is 0 Å². The molecule has 1 aromatic rings. The largest absolute Gasteiger partial charge is 0.383 e. The molecule has 0 heterocycles. The van der Waals surface area contributed by atoms with Gasteiger partial charge in [0, 0.05) is 18.0 Å². The number of rotatable bonds is 7. The maximum Gasteiger partial charge on any atom is 0.213 e. The van der Waals surface area contributed by atoms with E-state index in [9.17, 15) is 8.42 Å². The Balaban J connectivity index is 2.72. The third-order valence-corrected chi connectivity index (χ3v) is 4.66. The van der Waals surface area contributed by atoms with Crippen LogP contribution in [0.2, 0.25) is 0 Å². The van der Waals surface area contributed by atoms with E-state index in [4.69, 9.17) is 5.26 Å². The summed E-state index contributed by atoms with van der Waals surface area (Å²) in [5, 5.41) is 12.1. The van der Waals surface area contributed by atoms with E-state index in [0.29, 0.717) is 17.8 Å². The molecule has 0 spiro atoms. The molecule has 0 radical (unpaired) electrons. The Hall–Kier alpha value is -1.23. The average Bonchev–Trinajstić information content (AvgIpc) is 2.38. The number of anilines is 1. The molecule has 0 saturated heterocycles. The van der Waals surface area contributed by atoms with Gasteiger partial charge in [-0.1, -0.05) is 13.0 Å². The van der Waals surface area contributed by atoms with E-state index < -0.39 is 10.0 Å². The zero-order valence-electron chi connectivity index (χ0n) is 10.9. The van der Waals surface area contributed by atoms with Crippen molar-refractivity contribution in [2.75, 3.05) is 30.4 Å². The van der Waals surface area contributed by atoms with E-state index in [1.54, 1.807) is 13.0 Å². The van der Waals surface area contributed by atoms with Gasteiger partial charge in [-0.05, 0) is 18.4 Å². The lowest BCUT2D eigenvalue weighted by molar-refractivity contribution is 0.584. The smallest absolute Gasteiger partial charge is 0.213 e. The maximum atomic E-state index is 11.5. The van der Waals surface area contributed by atoms with E-state index in [0.717, 1.165) is 4.90 Å². The van der Waals surface area contributed by atoms with Crippen molar-refractivity contribution in [3.8, 4) is 6.07 Å². The summed E-state index contributed by atoms with van der Waals surface area (Å²) in [6.07, 6.45) is 1.90. The van der Waals surface area contributed by atoms with Crippen LogP contribution in [0.15, 0.2) is 23.1 Å². The third kappa shape index (κ3) is 4.74. The highest BCUT2D eigenvalue weighted by atomic mass is 32.2. The lowest BCUT2D eigenvalue weighted by Crippen LogP contribution is -2.29. The first-order valence-electron chi connectivity index (χ1n) is 5.82. The molecule has 7 heteroatoms. The summed E-state index contributed by atoms with van der Waals surface area (Å²) in [4.78, 5) is 0.877. The summed E-state index contributed by atoms with van der Waals surface area (Å²) < 4.78 is 25.4. The molecule has 104 valence electrons. The van der Waals surface area contributed by atoms with Crippen molar-refractivity contribution in [3.63, 3.8) is 0 Å². The minimum Gasteiger partial charge on any atom is -0.383 e. The van der Waals surface area contributed by atoms with Gasteiger partial charge in [-0.25, -0.2) is 13.1 Å². The van der Waals surface area contributed by atoms with Crippen molar-refractivity contribution in [2.24, 2.45) is 0 Å². The standard InChI is InChI=1S/C12H17N3O2S2/c1-3-15-19(16,17)8-7-14-11-5-4-6-12(18-2)10(11)9-13/h4-6,14-15H,3,7-8H2,1-2H3. The Bertz CT molecular complexity index is 565. The first kappa shape index (κ1) is 15.8. The Morgan fingerprint density at radius 3 is 2.74 bits per heavy atom. The molecule has 0 unspecified atom stereocenters. The molecule has 1 aromatic carbocycles. The fourth-order valence-electron chi connectivity index (χ4n) is 1.58. The quantitative estimate of drug-likeness (QED) is 0.748. The van der Waals surface area contributed by atoms with Crippen LogP contribution in [-0.4, -0.2) is 33.5 Å². The van der Waals surface area contributed by atoms with Crippen LogP contribution >= 0.6 is 11.8 Å². The van der Waals surface area contributed by atoms with Gasteiger partial charge in [-0.2, -0.15) is 5.26 Å². The summed E-state index contributed by atoms with van der Waals surface area (Å²) in [6.45, 7) is 2.39. The van der Waals surface area contributed by atoms with E-state index in [2.05, 4.69) is 16.1 Å². The lowest BCUT2D eigenvalue weighted by atomic mass is 10.2. The molecule has 0 aliphatic rings. The van der Waals surface area contributed by atoms with Gasteiger partial charge < -0.3 is 5.32 Å². The fraction of sp³-hybridized carbons (Fsp3) is 0.417. The normalized spacial score (nSPS) is 11.0. The van der Waals surface area contributed by atoms with Crippen LogP contribution < -0.4 is 10.0 Å². The number of hydrogen-bond donors (Lipinski definition) is 2. The highest BCUT2D eigenvalue weighted by molar-refractivity contribution is 7.98. The van der Waals surface area contributed by atoms with Gasteiger partial charge >= 0.3 is 0 Å². The van der Waals surface area contributed by atoms with Crippen molar-refractivity contribution in [3.05, 3.63) is 23.8 Å². The molecule has 0 aliphatic carbocycles. The summed E-state index contributed by atoms with van der Waals surface area (Å²) in [5.74, 6) is -0.0186. The van der Waals surface area contributed by atoms with Crippen LogP contribution in [0.4, 0.5) is 5.69 Å². The SMILES string of the molecule is CCNS(=O)(=O)CCNc1cccc(SC)c1C#N. The van der Waals surface area contributed by atoms with Gasteiger partial charge in [0.1, 0.15) is 6.07 Å². The van der Waals surface area contributed by atoms with Gasteiger partial charge in [0.25, 0.3) is 0 Å². The Labute approximate surface area is 118 Å². The zero-order chi connectivity index (χ0) is 14.3. The van der Waals surface area contributed by atoms with E-state index in [-0.39, 0.29) is 12.3 Å². The molecule has 0 saturated carbocycles. The minimum atomic E-state index is -3.24. The van der Waals surface area contributed by atoms with E-state index in [1.807, 2.05) is 18.4 Å². The van der Waals surface area contributed by atoms with Crippen LogP contribution in [0.25, 0.3) is 0 Å². The van der Waals surface area contributed by atoms with Gasteiger partial charge in [0.05, 0.1) is 17.0 Å². The highest BCUT2D eigenvalue weighted by Gasteiger charge is 2.10. The van der Waals surface area contributed by atoms with Gasteiger partial charge in [-0.15, -0.1) is 11.8 Å². The monoisotopic (exact) mass is 299 g/mol. The first-order valence-corrected chi connectivity index (χ1v) is 8.70. The molecule has 0 aliphatic heterocycles. The number of benzene rings is 1. The predicted molar refractivity (Wildman–Crippen MR) is 78.9 cm³/mol. The molecular formula is C12H17N3O2S2. The predicted octanol–water partition coefficient (Wildman–Crippen LogP) is 1.63. The number of hydrogen-bond acceptors (Lipinski definition) is 5. The Kier molecular flexibility index (Phi) is 6.15. The molecule has 2 N–H and O–H groups in total. The number of nitriles is 1. The number of nitrogens with one attached hydrogen (secondary N) is 2. The Morgan fingerprint density at radius 1 is 1.42 bits per heavy atom.